The van der Waals surface area contributed by atoms with E-state index in [0.29, 0.717) is 6.61 Å². The zero-order valence-corrected chi connectivity index (χ0v) is 17.0. The van der Waals surface area contributed by atoms with Gasteiger partial charge in [-0.25, -0.2) is 4.98 Å². The van der Waals surface area contributed by atoms with Crippen LogP contribution in [0.3, 0.4) is 0 Å². The van der Waals surface area contributed by atoms with Crippen LogP contribution >= 0.6 is 0 Å². The Kier molecular flexibility index (Phi) is 4.51. The van der Waals surface area contributed by atoms with Gasteiger partial charge in [-0.05, 0) is 55.2 Å². The molecule has 0 bridgehead atoms. The maximum Gasteiger partial charge on any atom is 0.130 e. The lowest BCUT2D eigenvalue weighted by atomic mass is 9.87. The van der Waals surface area contributed by atoms with Gasteiger partial charge in [0.2, 0.25) is 0 Å². The van der Waals surface area contributed by atoms with Crippen molar-refractivity contribution < 1.29 is 9.47 Å². The Morgan fingerprint density at radius 2 is 1.93 bits per heavy atom. The first-order chi connectivity index (χ1) is 14.2. The summed E-state index contributed by atoms with van der Waals surface area (Å²) in [6.07, 6.45) is 2.88. The largest absolute Gasteiger partial charge is 0.487 e. The zero-order chi connectivity index (χ0) is 19.8. The number of nitrogens with one attached hydrogen (secondary N) is 1. The lowest BCUT2D eigenvalue weighted by Crippen LogP contribution is -2.34. The number of fused-ring (bicyclic) bond motifs is 4. The van der Waals surface area contributed by atoms with E-state index in [0.717, 1.165) is 53.7 Å². The Morgan fingerprint density at radius 3 is 2.79 bits per heavy atom. The first-order valence-corrected chi connectivity index (χ1v) is 10.5. The molecule has 4 nitrogen and oxygen atoms in total. The van der Waals surface area contributed by atoms with Crippen molar-refractivity contribution >= 4 is 21.8 Å². The SMILES string of the molecule is CCC1(CC)OCCc2c1[nH]c1ccc(OCc3ccc4ccccc4n3)cc21. The van der Waals surface area contributed by atoms with E-state index >= 15 is 0 Å². The number of benzene rings is 2. The molecule has 0 fully saturated rings. The van der Waals surface area contributed by atoms with Crippen molar-refractivity contribution in [3.63, 3.8) is 0 Å². The van der Waals surface area contributed by atoms with Gasteiger partial charge < -0.3 is 14.5 Å². The van der Waals surface area contributed by atoms with Gasteiger partial charge in [0.15, 0.2) is 0 Å². The fourth-order valence-corrected chi connectivity index (χ4v) is 4.54. The molecular weight excluding hydrogens is 360 g/mol. The topological polar surface area (TPSA) is 47.1 Å². The first kappa shape index (κ1) is 18.2. The maximum atomic E-state index is 6.22. The van der Waals surface area contributed by atoms with Crippen molar-refractivity contribution in [1.82, 2.24) is 9.97 Å². The molecule has 29 heavy (non-hydrogen) atoms. The van der Waals surface area contributed by atoms with Crippen LogP contribution in [0.2, 0.25) is 0 Å². The Bertz CT molecular complexity index is 1170. The van der Waals surface area contributed by atoms with Gasteiger partial charge in [-0.15, -0.1) is 0 Å². The van der Waals surface area contributed by atoms with Crippen molar-refractivity contribution in [2.75, 3.05) is 6.61 Å². The van der Waals surface area contributed by atoms with Gasteiger partial charge in [0.25, 0.3) is 0 Å². The van der Waals surface area contributed by atoms with Gasteiger partial charge >= 0.3 is 0 Å². The molecule has 5 rings (SSSR count). The molecule has 0 saturated carbocycles. The molecule has 1 N–H and O–H groups in total. The third kappa shape index (κ3) is 3.08. The summed E-state index contributed by atoms with van der Waals surface area (Å²) in [6.45, 7) is 5.64. The second-order valence-corrected chi connectivity index (χ2v) is 7.77. The quantitative estimate of drug-likeness (QED) is 0.466. The number of hydrogen-bond acceptors (Lipinski definition) is 3. The molecule has 0 amide bonds. The molecule has 0 saturated heterocycles. The normalized spacial score (nSPS) is 15.5. The molecule has 1 aliphatic rings. The summed E-state index contributed by atoms with van der Waals surface area (Å²) in [4.78, 5) is 8.34. The first-order valence-electron chi connectivity index (χ1n) is 10.5. The predicted molar refractivity (Wildman–Crippen MR) is 116 cm³/mol. The highest BCUT2D eigenvalue weighted by molar-refractivity contribution is 5.86. The van der Waals surface area contributed by atoms with Crippen molar-refractivity contribution in [3.8, 4) is 5.75 Å². The summed E-state index contributed by atoms with van der Waals surface area (Å²) in [6, 6.07) is 18.6. The molecule has 1 aliphatic heterocycles. The molecule has 3 heterocycles. The second kappa shape index (κ2) is 7.20. The third-order valence-electron chi connectivity index (χ3n) is 6.25. The highest BCUT2D eigenvalue weighted by Gasteiger charge is 2.37. The lowest BCUT2D eigenvalue weighted by Gasteiger charge is -2.36. The van der Waals surface area contributed by atoms with E-state index in [4.69, 9.17) is 14.5 Å². The van der Waals surface area contributed by atoms with Crippen molar-refractivity contribution in [2.45, 2.75) is 45.3 Å². The minimum absolute atomic E-state index is 0.192. The Labute approximate surface area is 170 Å². The number of pyridine rings is 1. The zero-order valence-electron chi connectivity index (χ0n) is 17.0. The van der Waals surface area contributed by atoms with Crippen molar-refractivity contribution in [3.05, 3.63) is 71.5 Å². The lowest BCUT2D eigenvalue weighted by molar-refractivity contribution is -0.0686. The van der Waals surface area contributed by atoms with Gasteiger partial charge in [0.1, 0.15) is 18.0 Å². The van der Waals surface area contributed by atoms with Gasteiger partial charge in [-0.1, -0.05) is 38.1 Å². The third-order valence-corrected chi connectivity index (χ3v) is 6.25. The van der Waals surface area contributed by atoms with E-state index in [9.17, 15) is 0 Å². The van der Waals surface area contributed by atoms with E-state index < -0.39 is 0 Å². The minimum Gasteiger partial charge on any atom is -0.487 e. The molecule has 4 heteroatoms. The fourth-order valence-electron chi connectivity index (χ4n) is 4.54. The van der Waals surface area contributed by atoms with Crippen LogP contribution in [0, 0.1) is 0 Å². The van der Waals surface area contributed by atoms with Crippen LogP contribution < -0.4 is 4.74 Å². The number of para-hydroxylation sites is 1. The average Bonchev–Trinajstić information content (AvgIpc) is 3.16. The van der Waals surface area contributed by atoms with E-state index in [1.807, 2.05) is 30.3 Å². The molecule has 2 aromatic carbocycles. The van der Waals surface area contributed by atoms with Gasteiger partial charge in [-0.2, -0.15) is 0 Å². The molecule has 148 valence electrons. The molecule has 0 unspecified atom stereocenters. The minimum atomic E-state index is -0.192. The van der Waals surface area contributed by atoms with Crippen LogP contribution in [0.15, 0.2) is 54.6 Å². The molecule has 0 atom stereocenters. The fraction of sp³-hybridized carbons (Fsp3) is 0.320. The molecule has 2 aromatic heterocycles. The van der Waals surface area contributed by atoms with E-state index in [2.05, 4.69) is 43.1 Å². The van der Waals surface area contributed by atoms with Crippen LogP contribution in [0.5, 0.6) is 5.75 Å². The molecule has 4 aromatic rings. The van der Waals surface area contributed by atoms with Crippen molar-refractivity contribution in [2.24, 2.45) is 0 Å². The Hall–Kier alpha value is -2.85. The van der Waals surface area contributed by atoms with Gasteiger partial charge in [0.05, 0.1) is 23.5 Å². The Morgan fingerprint density at radius 1 is 1.07 bits per heavy atom. The van der Waals surface area contributed by atoms with E-state index in [1.54, 1.807) is 0 Å². The molecule has 0 aliphatic carbocycles. The van der Waals surface area contributed by atoms with Gasteiger partial charge in [-0.3, -0.25) is 0 Å². The summed E-state index contributed by atoms with van der Waals surface area (Å²) < 4.78 is 12.3. The van der Waals surface area contributed by atoms with Gasteiger partial charge in [0, 0.05) is 16.3 Å². The number of H-pyrrole nitrogens is 1. The highest BCUT2D eigenvalue weighted by atomic mass is 16.5. The summed E-state index contributed by atoms with van der Waals surface area (Å²) in [5.41, 5.74) is 5.52. The number of ether oxygens (including phenoxy) is 2. The molecule has 0 spiro atoms. The van der Waals surface area contributed by atoms with Crippen LogP contribution in [0.25, 0.3) is 21.8 Å². The maximum absolute atomic E-state index is 6.22. The Balaban J connectivity index is 1.44. The van der Waals surface area contributed by atoms with E-state index in [1.165, 1.54) is 16.6 Å². The number of nitrogens with zero attached hydrogens (tertiary/aromatic N) is 1. The van der Waals surface area contributed by atoms with E-state index in [-0.39, 0.29) is 5.60 Å². The standard InChI is InChI=1S/C25H26N2O2/c1-3-25(4-2)24-20(13-14-29-25)21-15-19(11-12-23(21)27-24)28-16-18-10-9-17-7-5-6-8-22(17)26-18/h5-12,15,27H,3-4,13-14,16H2,1-2H3. The number of rotatable bonds is 5. The smallest absolute Gasteiger partial charge is 0.130 e. The number of aromatic nitrogens is 2. The van der Waals surface area contributed by atoms with Crippen molar-refractivity contribution in [1.29, 1.82) is 0 Å². The average molecular weight is 386 g/mol. The molecular formula is C25H26N2O2. The van der Waals surface area contributed by atoms with Crippen LogP contribution in [0.4, 0.5) is 0 Å². The number of aromatic amines is 1. The summed E-state index contributed by atoms with van der Waals surface area (Å²) in [7, 11) is 0. The summed E-state index contributed by atoms with van der Waals surface area (Å²) >= 11 is 0. The number of hydrogen-bond donors (Lipinski definition) is 1. The van der Waals surface area contributed by atoms with Crippen LogP contribution in [-0.2, 0) is 23.4 Å². The summed E-state index contributed by atoms with van der Waals surface area (Å²) in [5.74, 6) is 0.874. The predicted octanol–water partition coefficient (Wildman–Crippen LogP) is 5.88. The van der Waals surface area contributed by atoms with Crippen LogP contribution in [-0.4, -0.2) is 16.6 Å². The van der Waals surface area contributed by atoms with Crippen LogP contribution in [0.1, 0.15) is 43.6 Å². The molecule has 0 radical (unpaired) electrons. The summed E-state index contributed by atoms with van der Waals surface area (Å²) in [5, 5.41) is 2.40. The monoisotopic (exact) mass is 386 g/mol. The highest BCUT2D eigenvalue weighted by Crippen LogP contribution is 2.41. The second-order valence-electron chi connectivity index (χ2n) is 7.77.